The molecule has 0 bridgehead atoms. The lowest BCUT2D eigenvalue weighted by Gasteiger charge is -2.49. The summed E-state index contributed by atoms with van der Waals surface area (Å²) in [5, 5.41) is 3.68. The first kappa shape index (κ1) is 21.4. The quantitative estimate of drug-likeness (QED) is 0.585. The molecule has 0 radical (unpaired) electrons. The Balaban J connectivity index is 1.75. The summed E-state index contributed by atoms with van der Waals surface area (Å²) in [4.78, 5) is 24.9. The zero-order valence-electron chi connectivity index (χ0n) is 18.1. The number of anilines is 1. The van der Waals surface area contributed by atoms with Gasteiger partial charge in [-0.15, -0.1) is 0 Å². The summed E-state index contributed by atoms with van der Waals surface area (Å²) in [6, 6.07) is 18.9. The summed E-state index contributed by atoms with van der Waals surface area (Å²) in [5.41, 5.74) is 3.57. The monoisotopic (exact) mass is 423 g/mol. The van der Waals surface area contributed by atoms with Crippen molar-refractivity contribution in [2.75, 3.05) is 26.6 Å². The highest BCUT2D eigenvalue weighted by atomic mass is 16.5. The standard InChI is InChI=1S/C25H29NO5/c1-29-20-14-16(22(24(27)30-2)25(28)31-3)13-19-23(20)21(15-9-5-4-6-10-15)17-11-7-8-12-18(17)26-19/h4-12,16,19-23,26H,13-14H2,1-3H3/t16-,19+,20+,21+,23-/m1/s1. The van der Waals surface area contributed by atoms with E-state index >= 15 is 0 Å². The van der Waals surface area contributed by atoms with E-state index in [9.17, 15) is 9.59 Å². The van der Waals surface area contributed by atoms with Crippen molar-refractivity contribution in [1.82, 2.24) is 0 Å². The molecule has 1 aliphatic heterocycles. The Hall–Kier alpha value is -2.86. The summed E-state index contributed by atoms with van der Waals surface area (Å²) in [6.45, 7) is 0. The molecule has 31 heavy (non-hydrogen) atoms. The van der Waals surface area contributed by atoms with Crippen molar-refractivity contribution in [3.63, 3.8) is 0 Å². The van der Waals surface area contributed by atoms with Crippen LogP contribution in [0.4, 0.5) is 5.69 Å². The SMILES string of the molecule is COC(=O)C(C(=O)OC)[C@@H]1C[C@@H]2Nc3ccccc3[C@H](c3ccccc3)[C@H]2[C@@H](OC)C1. The fourth-order valence-electron chi connectivity index (χ4n) is 5.53. The number of para-hydroxylation sites is 1. The van der Waals surface area contributed by atoms with Gasteiger partial charge in [-0.3, -0.25) is 9.59 Å². The summed E-state index contributed by atoms with van der Waals surface area (Å²) >= 11 is 0. The van der Waals surface area contributed by atoms with Crippen LogP contribution in [-0.2, 0) is 23.8 Å². The van der Waals surface area contributed by atoms with Crippen molar-refractivity contribution in [2.45, 2.75) is 30.9 Å². The number of carbonyl (C=O) groups excluding carboxylic acids is 2. The van der Waals surface area contributed by atoms with Crippen LogP contribution in [0.25, 0.3) is 0 Å². The maximum absolute atomic E-state index is 12.5. The average molecular weight is 424 g/mol. The molecule has 0 amide bonds. The molecule has 6 heteroatoms. The minimum atomic E-state index is -0.956. The molecule has 4 rings (SSSR count). The molecule has 0 spiro atoms. The molecule has 164 valence electrons. The van der Waals surface area contributed by atoms with Crippen molar-refractivity contribution in [2.24, 2.45) is 17.8 Å². The number of carbonyl (C=O) groups is 2. The topological polar surface area (TPSA) is 73.9 Å². The molecule has 2 aromatic carbocycles. The first-order valence-corrected chi connectivity index (χ1v) is 10.7. The van der Waals surface area contributed by atoms with Crippen LogP contribution < -0.4 is 5.32 Å². The van der Waals surface area contributed by atoms with E-state index < -0.39 is 17.9 Å². The van der Waals surface area contributed by atoms with E-state index in [1.807, 2.05) is 12.1 Å². The van der Waals surface area contributed by atoms with E-state index in [0.29, 0.717) is 12.8 Å². The van der Waals surface area contributed by atoms with Gasteiger partial charge in [0.15, 0.2) is 5.92 Å². The predicted octanol–water partition coefficient (Wildman–Crippen LogP) is 3.62. The molecule has 1 saturated carbocycles. The molecule has 2 aliphatic rings. The molecule has 1 fully saturated rings. The predicted molar refractivity (Wildman–Crippen MR) is 117 cm³/mol. The van der Waals surface area contributed by atoms with Gasteiger partial charge in [-0.2, -0.15) is 0 Å². The summed E-state index contributed by atoms with van der Waals surface area (Å²) < 4.78 is 15.9. The van der Waals surface area contributed by atoms with Crippen molar-refractivity contribution >= 4 is 17.6 Å². The van der Waals surface area contributed by atoms with Crippen molar-refractivity contribution in [1.29, 1.82) is 0 Å². The Morgan fingerprint density at radius 2 is 1.55 bits per heavy atom. The highest BCUT2D eigenvalue weighted by molar-refractivity contribution is 5.95. The minimum absolute atomic E-state index is 0.0422. The van der Waals surface area contributed by atoms with Gasteiger partial charge in [0.1, 0.15) is 0 Å². The Morgan fingerprint density at radius 1 is 0.903 bits per heavy atom. The van der Waals surface area contributed by atoms with Crippen LogP contribution in [0.3, 0.4) is 0 Å². The van der Waals surface area contributed by atoms with Crippen LogP contribution in [0.5, 0.6) is 0 Å². The van der Waals surface area contributed by atoms with E-state index in [1.165, 1.54) is 25.3 Å². The summed E-state index contributed by atoms with van der Waals surface area (Å²) in [6.07, 6.45) is 1.10. The fourth-order valence-corrected chi connectivity index (χ4v) is 5.53. The van der Waals surface area contributed by atoms with E-state index in [0.717, 1.165) is 5.69 Å². The largest absolute Gasteiger partial charge is 0.468 e. The molecule has 1 heterocycles. The van der Waals surface area contributed by atoms with Crippen LogP contribution in [0.1, 0.15) is 29.9 Å². The highest BCUT2D eigenvalue weighted by Gasteiger charge is 2.50. The lowest BCUT2D eigenvalue weighted by Crippen LogP contribution is -2.53. The number of fused-ring (bicyclic) bond motifs is 2. The molecule has 2 aromatic rings. The highest BCUT2D eigenvalue weighted by Crippen LogP contribution is 2.50. The number of esters is 2. The van der Waals surface area contributed by atoms with Crippen molar-refractivity contribution in [3.8, 4) is 0 Å². The van der Waals surface area contributed by atoms with Crippen molar-refractivity contribution in [3.05, 3.63) is 65.7 Å². The van der Waals surface area contributed by atoms with Crippen LogP contribution >= 0.6 is 0 Å². The van der Waals surface area contributed by atoms with Gasteiger partial charge in [0, 0.05) is 30.7 Å². The Kier molecular flexibility index (Phi) is 6.28. The fraction of sp³-hybridized carbons (Fsp3) is 0.440. The molecule has 0 aromatic heterocycles. The van der Waals surface area contributed by atoms with Crippen LogP contribution in [0.15, 0.2) is 54.6 Å². The van der Waals surface area contributed by atoms with Gasteiger partial charge in [0.05, 0.1) is 20.3 Å². The normalized spacial score (nSPS) is 26.9. The lowest BCUT2D eigenvalue weighted by atomic mass is 9.62. The number of nitrogens with one attached hydrogen (secondary N) is 1. The number of hydrogen-bond acceptors (Lipinski definition) is 6. The number of rotatable bonds is 5. The number of methoxy groups -OCH3 is 3. The van der Waals surface area contributed by atoms with E-state index in [-0.39, 0.29) is 29.9 Å². The number of ether oxygens (including phenoxy) is 3. The van der Waals surface area contributed by atoms with Gasteiger partial charge in [0.25, 0.3) is 0 Å². The van der Waals surface area contributed by atoms with Crippen LogP contribution in [0.2, 0.25) is 0 Å². The van der Waals surface area contributed by atoms with Gasteiger partial charge in [-0.05, 0) is 36.0 Å². The molecule has 0 unspecified atom stereocenters. The zero-order valence-corrected chi connectivity index (χ0v) is 18.1. The van der Waals surface area contributed by atoms with Gasteiger partial charge in [-0.25, -0.2) is 0 Å². The molecule has 1 N–H and O–H groups in total. The van der Waals surface area contributed by atoms with E-state index in [4.69, 9.17) is 14.2 Å². The first-order chi connectivity index (χ1) is 15.1. The first-order valence-electron chi connectivity index (χ1n) is 10.7. The number of hydrogen-bond donors (Lipinski definition) is 1. The molecule has 1 aliphatic carbocycles. The molecule has 0 saturated heterocycles. The van der Waals surface area contributed by atoms with Gasteiger partial charge in [0.2, 0.25) is 0 Å². The van der Waals surface area contributed by atoms with Crippen LogP contribution in [-0.4, -0.2) is 45.4 Å². The average Bonchev–Trinajstić information content (AvgIpc) is 2.82. The summed E-state index contributed by atoms with van der Waals surface area (Å²) in [5.74, 6) is -1.98. The minimum Gasteiger partial charge on any atom is -0.468 e. The van der Waals surface area contributed by atoms with Crippen molar-refractivity contribution < 1.29 is 23.8 Å². The van der Waals surface area contributed by atoms with Crippen LogP contribution in [0, 0.1) is 17.8 Å². The Bertz CT molecular complexity index is 915. The third-order valence-corrected chi connectivity index (χ3v) is 6.85. The second-order valence-electron chi connectivity index (χ2n) is 8.33. The zero-order chi connectivity index (χ0) is 22.0. The maximum atomic E-state index is 12.5. The maximum Gasteiger partial charge on any atom is 0.320 e. The molecule has 5 atom stereocenters. The molecular weight excluding hydrogens is 394 g/mol. The smallest absolute Gasteiger partial charge is 0.320 e. The Morgan fingerprint density at radius 3 is 2.19 bits per heavy atom. The van der Waals surface area contributed by atoms with E-state index in [2.05, 4.69) is 47.8 Å². The number of benzene rings is 2. The lowest BCUT2D eigenvalue weighted by molar-refractivity contribution is -0.163. The third kappa shape index (κ3) is 3.92. The second kappa shape index (κ2) is 9.10. The molecular formula is C25H29NO5. The summed E-state index contributed by atoms with van der Waals surface area (Å²) in [7, 11) is 4.31. The third-order valence-electron chi connectivity index (χ3n) is 6.85. The molecule has 6 nitrogen and oxygen atoms in total. The second-order valence-corrected chi connectivity index (χ2v) is 8.33. The van der Waals surface area contributed by atoms with E-state index in [1.54, 1.807) is 7.11 Å². The Labute approximate surface area is 182 Å². The van der Waals surface area contributed by atoms with Gasteiger partial charge < -0.3 is 19.5 Å². The van der Waals surface area contributed by atoms with Gasteiger partial charge >= 0.3 is 11.9 Å². The van der Waals surface area contributed by atoms with Gasteiger partial charge in [-0.1, -0.05) is 48.5 Å².